The Balaban J connectivity index is 1.38. The summed E-state index contributed by atoms with van der Waals surface area (Å²) in [7, 11) is 0. The standard InChI is InChI=1S/C20H31N3/c1-2-21-13-10-20(11-14-21)23-17-15-22(16-18-23)12-6-9-19-7-4-3-5-8-19/h3-9,20H,2,10-18H2,1H3/b9-6+. The fourth-order valence-corrected chi connectivity index (χ4v) is 3.81. The highest BCUT2D eigenvalue weighted by Crippen LogP contribution is 2.18. The minimum atomic E-state index is 0.833. The van der Waals surface area contributed by atoms with Gasteiger partial charge in [-0.2, -0.15) is 0 Å². The van der Waals surface area contributed by atoms with E-state index in [0.29, 0.717) is 0 Å². The summed E-state index contributed by atoms with van der Waals surface area (Å²) >= 11 is 0. The molecule has 2 fully saturated rings. The summed E-state index contributed by atoms with van der Waals surface area (Å²) in [5.74, 6) is 0. The number of nitrogens with zero attached hydrogens (tertiary/aromatic N) is 3. The summed E-state index contributed by atoms with van der Waals surface area (Å²) in [5.41, 5.74) is 1.30. The zero-order valence-electron chi connectivity index (χ0n) is 14.5. The molecule has 3 nitrogen and oxygen atoms in total. The number of likely N-dealkylation sites (tertiary alicyclic amines) is 1. The third-order valence-electron chi connectivity index (χ3n) is 5.40. The Morgan fingerprint density at radius 2 is 1.61 bits per heavy atom. The molecule has 3 rings (SSSR count). The Morgan fingerprint density at radius 3 is 2.26 bits per heavy atom. The zero-order valence-corrected chi connectivity index (χ0v) is 14.5. The maximum Gasteiger partial charge on any atom is 0.0167 e. The van der Waals surface area contributed by atoms with Crippen molar-refractivity contribution in [3.63, 3.8) is 0 Å². The molecule has 0 atom stereocenters. The van der Waals surface area contributed by atoms with Crippen LogP contribution in [0.3, 0.4) is 0 Å². The van der Waals surface area contributed by atoms with Gasteiger partial charge in [-0.1, -0.05) is 49.4 Å². The largest absolute Gasteiger partial charge is 0.303 e. The molecule has 0 radical (unpaired) electrons. The summed E-state index contributed by atoms with van der Waals surface area (Å²) in [5, 5.41) is 0. The highest BCUT2D eigenvalue weighted by Gasteiger charge is 2.26. The highest BCUT2D eigenvalue weighted by molar-refractivity contribution is 5.48. The second-order valence-electron chi connectivity index (χ2n) is 6.82. The predicted molar refractivity (Wildman–Crippen MR) is 98.6 cm³/mol. The number of hydrogen-bond donors (Lipinski definition) is 0. The Hall–Kier alpha value is -1.16. The Labute approximate surface area is 141 Å². The average molecular weight is 313 g/mol. The lowest BCUT2D eigenvalue weighted by molar-refractivity contribution is 0.0646. The SMILES string of the molecule is CCN1CCC(N2CCN(C/C=C/c3ccccc3)CC2)CC1. The third kappa shape index (κ3) is 4.90. The minimum absolute atomic E-state index is 0.833. The van der Waals surface area contributed by atoms with Gasteiger partial charge in [0.05, 0.1) is 0 Å². The van der Waals surface area contributed by atoms with Crippen LogP contribution in [0.2, 0.25) is 0 Å². The summed E-state index contributed by atoms with van der Waals surface area (Å²) in [4.78, 5) is 7.91. The van der Waals surface area contributed by atoms with Crippen molar-refractivity contribution >= 4 is 6.08 Å². The quantitative estimate of drug-likeness (QED) is 0.827. The fraction of sp³-hybridized carbons (Fsp3) is 0.600. The number of piperidine rings is 1. The molecule has 0 aromatic heterocycles. The predicted octanol–water partition coefficient (Wildman–Crippen LogP) is 2.80. The van der Waals surface area contributed by atoms with Crippen LogP contribution in [0, 0.1) is 0 Å². The van der Waals surface area contributed by atoms with E-state index in [1.165, 1.54) is 64.2 Å². The first-order chi connectivity index (χ1) is 11.3. The lowest BCUT2D eigenvalue weighted by Gasteiger charge is -2.42. The molecule has 23 heavy (non-hydrogen) atoms. The number of hydrogen-bond acceptors (Lipinski definition) is 3. The molecule has 0 saturated carbocycles. The van der Waals surface area contributed by atoms with E-state index in [4.69, 9.17) is 0 Å². The van der Waals surface area contributed by atoms with Crippen LogP contribution in [0.25, 0.3) is 6.08 Å². The first-order valence-corrected chi connectivity index (χ1v) is 9.25. The third-order valence-corrected chi connectivity index (χ3v) is 5.40. The van der Waals surface area contributed by atoms with Crippen molar-refractivity contribution in [2.45, 2.75) is 25.8 Å². The lowest BCUT2D eigenvalue weighted by Crippen LogP contribution is -2.53. The summed E-state index contributed by atoms with van der Waals surface area (Å²) in [6.07, 6.45) is 7.28. The van der Waals surface area contributed by atoms with E-state index in [2.05, 4.69) is 64.1 Å². The molecule has 0 unspecified atom stereocenters. The zero-order chi connectivity index (χ0) is 15.9. The van der Waals surface area contributed by atoms with Crippen molar-refractivity contribution in [1.82, 2.24) is 14.7 Å². The van der Waals surface area contributed by atoms with E-state index in [9.17, 15) is 0 Å². The van der Waals surface area contributed by atoms with Gasteiger partial charge in [-0.25, -0.2) is 0 Å². The van der Waals surface area contributed by atoms with Gasteiger partial charge in [-0.15, -0.1) is 0 Å². The molecular formula is C20H31N3. The molecule has 2 saturated heterocycles. The van der Waals surface area contributed by atoms with Crippen molar-refractivity contribution in [3.8, 4) is 0 Å². The van der Waals surface area contributed by atoms with E-state index in [1.54, 1.807) is 0 Å². The molecule has 2 aliphatic rings. The molecule has 3 heteroatoms. The Bertz CT molecular complexity index is 469. The van der Waals surface area contributed by atoms with Crippen molar-refractivity contribution in [2.75, 3.05) is 52.4 Å². The smallest absolute Gasteiger partial charge is 0.0167 e. The van der Waals surface area contributed by atoms with Crippen LogP contribution in [0.15, 0.2) is 36.4 Å². The van der Waals surface area contributed by atoms with E-state index >= 15 is 0 Å². The van der Waals surface area contributed by atoms with Gasteiger partial charge < -0.3 is 4.90 Å². The molecule has 126 valence electrons. The minimum Gasteiger partial charge on any atom is -0.303 e. The van der Waals surface area contributed by atoms with Gasteiger partial charge in [0.25, 0.3) is 0 Å². The van der Waals surface area contributed by atoms with E-state index in [0.717, 1.165) is 12.6 Å². The molecule has 0 spiro atoms. The van der Waals surface area contributed by atoms with Gasteiger partial charge in [0.15, 0.2) is 0 Å². The van der Waals surface area contributed by atoms with Gasteiger partial charge >= 0.3 is 0 Å². The molecule has 1 aromatic rings. The second-order valence-corrected chi connectivity index (χ2v) is 6.82. The number of piperazine rings is 1. The highest BCUT2D eigenvalue weighted by atomic mass is 15.3. The van der Waals surface area contributed by atoms with Crippen molar-refractivity contribution in [2.24, 2.45) is 0 Å². The van der Waals surface area contributed by atoms with Gasteiger partial charge in [0, 0.05) is 38.8 Å². The Morgan fingerprint density at radius 1 is 0.913 bits per heavy atom. The molecule has 0 aliphatic carbocycles. The maximum absolute atomic E-state index is 2.74. The lowest BCUT2D eigenvalue weighted by atomic mass is 10.0. The average Bonchev–Trinajstić information content (AvgIpc) is 2.63. The summed E-state index contributed by atoms with van der Waals surface area (Å²) < 4.78 is 0. The van der Waals surface area contributed by atoms with Crippen LogP contribution in [0.5, 0.6) is 0 Å². The first kappa shape index (κ1) is 16.7. The van der Waals surface area contributed by atoms with Gasteiger partial charge in [0.1, 0.15) is 0 Å². The van der Waals surface area contributed by atoms with Crippen LogP contribution < -0.4 is 0 Å². The normalized spacial score (nSPS) is 22.8. The molecule has 0 bridgehead atoms. The van der Waals surface area contributed by atoms with Crippen LogP contribution in [-0.2, 0) is 0 Å². The van der Waals surface area contributed by atoms with Crippen molar-refractivity contribution in [1.29, 1.82) is 0 Å². The first-order valence-electron chi connectivity index (χ1n) is 9.25. The number of benzene rings is 1. The summed E-state index contributed by atoms with van der Waals surface area (Å²) in [6.45, 7) is 12.1. The van der Waals surface area contributed by atoms with E-state index in [-0.39, 0.29) is 0 Å². The molecule has 0 N–H and O–H groups in total. The van der Waals surface area contributed by atoms with Crippen LogP contribution >= 0.6 is 0 Å². The molecule has 0 amide bonds. The van der Waals surface area contributed by atoms with Crippen LogP contribution in [0.4, 0.5) is 0 Å². The topological polar surface area (TPSA) is 9.72 Å². The van der Waals surface area contributed by atoms with E-state index in [1.807, 2.05) is 0 Å². The summed E-state index contributed by atoms with van der Waals surface area (Å²) in [6, 6.07) is 11.4. The van der Waals surface area contributed by atoms with Gasteiger partial charge in [0.2, 0.25) is 0 Å². The molecular weight excluding hydrogens is 282 g/mol. The second kappa shape index (κ2) is 8.62. The molecule has 2 heterocycles. The monoisotopic (exact) mass is 313 g/mol. The fourth-order valence-electron chi connectivity index (χ4n) is 3.81. The van der Waals surface area contributed by atoms with Gasteiger partial charge in [-0.3, -0.25) is 9.80 Å². The Kier molecular flexibility index (Phi) is 6.26. The maximum atomic E-state index is 2.74. The van der Waals surface area contributed by atoms with Crippen LogP contribution in [-0.4, -0.2) is 73.1 Å². The van der Waals surface area contributed by atoms with Crippen molar-refractivity contribution < 1.29 is 0 Å². The van der Waals surface area contributed by atoms with Crippen molar-refractivity contribution in [3.05, 3.63) is 42.0 Å². The van der Waals surface area contributed by atoms with E-state index < -0.39 is 0 Å². The molecule has 2 aliphatic heterocycles. The van der Waals surface area contributed by atoms with Gasteiger partial charge in [-0.05, 0) is 38.0 Å². The van der Waals surface area contributed by atoms with Crippen LogP contribution in [0.1, 0.15) is 25.3 Å². The molecule has 1 aromatic carbocycles. The number of rotatable bonds is 5.